The predicted octanol–water partition coefficient (Wildman–Crippen LogP) is 5.00. The van der Waals surface area contributed by atoms with Gasteiger partial charge in [-0.1, -0.05) is 62.2 Å². The fourth-order valence-corrected chi connectivity index (χ4v) is 2.06. The molecule has 0 saturated heterocycles. The van der Waals surface area contributed by atoms with E-state index < -0.39 is 0 Å². The lowest BCUT2D eigenvalue weighted by Gasteiger charge is -2.07. The third kappa shape index (κ3) is 4.78. The van der Waals surface area contributed by atoms with E-state index in [9.17, 15) is 0 Å². The molecule has 0 N–H and O–H groups in total. The van der Waals surface area contributed by atoms with Gasteiger partial charge in [-0.3, -0.25) is 0 Å². The highest BCUT2D eigenvalue weighted by Gasteiger charge is 1.97. The second kappa shape index (κ2) is 7.63. The van der Waals surface area contributed by atoms with Crippen LogP contribution in [0.4, 0.5) is 0 Å². The number of hydrogen-bond donors (Lipinski definition) is 0. The normalized spacial score (nSPS) is 10.4. The number of rotatable bonds is 7. The number of para-hydroxylation sites is 1. The Bertz CT molecular complexity index is 459. The summed E-state index contributed by atoms with van der Waals surface area (Å²) in [6, 6.07) is 18.7. The minimum atomic E-state index is 0.638. The van der Waals surface area contributed by atoms with Crippen molar-refractivity contribution in [2.24, 2.45) is 0 Å². The molecule has 1 nitrogen and oxygen atoms in total. The lowest BCUT2D eigenvalue weighted by Crippen LogP contribution is -1.95. The second-order valence-electron chi connectivity index (χ2n) is 4.88. The Morgan fingerprint density at radius 3 is 2.16 bits per heavy atom. The summed E-state index contributed by atoms with van der Waals surface area (Å²) in [5.41, 5.74) is 2.65. The van der Waals surface area contributed by atoms with Crippen molar-refractivity contribution in [1.82, 2.24) is 0 Å². The van der Waals surface area contributed by atoms with Gasteiger partial charge in [-0.25, -0.2) is 0 Å². The van der Waals surface area contributed by atoms with E-state index >= 15 is 0 Å². The third-order valence-electron chi connectivity index (χ3n) is 3.24. The highest BCUT2D eigenvalue weighted by Crippen LogP contribution is 2.13. The molecule has 2 aromatic carbocycles. The zero-order valence-corrected chi connectivity index (χ0v) is 11.6. The van der Waals surface area contributed by atoms with Crippen molar-refractivity contribution < 1.29 is 4.74 Å². The first-order valence-corrected chi connectivity index (χ1v) is 7.14. The van der Waals surface area contributed by atoms with Crippen molar-refractivity contribution in [3.8, 4) is 5.75 Å². The van der Waals surface area contributed by atoms with Gasteiger partial charge in [0.2, 0.25) is 0 Å². The van der Waals surface area contributed by atoms with Gasteiger partial charge in [-0.2, -0.15) is 0 Å². The molecule has 0 fully saturated rings. The van der Waals surface area contributed by atoms with Crippen LogP contribution in [-0.2, 0) is 13.0 Å². The first-order chi connectivity index (χ1) is 9.38. The van der Waals surface area contributed by atoms with Crippen LogP contribution in [0.25, 0.3) is 0 Å². The molecule has 1 heteroatoms. The largest absolute Gasteiger partial charge is 0.489 e. The Morgan fingerprint density at radius 2 is 1.47 bits per heavy atom. The number of ether oxygens (including phenoxy) is 1. The Kier molecular flexibility index (Phi) is 5.49. The minimum Gasteiger partial charge on any atom is -0.489 e. The van der Waals surface area contributed by atoms with E-state index in [0.717, 1.165) is 5.75 Å². The van der Waals surface area contributed by atoms with Gasteiger partial charge in [0.1, 0.15) is 12.4 Å². The molecule has 2 aromatic rings. The maximum Gasteiger partial charge on any atom is 0.119 e. The molecule has 0 aliphatic heterocycles. The average Bonchev–Trinajstić information content (AvgIpc) is 2.48. The van der Waals surface area contributed by atoms with E-state index in [4.69, 9.17) is 4.74 Å². The van der Waals surface area contributed by atoms with Crippen LogP contribution < -0.4 is 4.74 Å². The first kappa shape index (κ1) is 13.7. The van der Waals surface area contributed by atoms with Crippen LogP contribution in [0, 0.1) is 0 Å². The number of hydrogen-bond acceptors (Lipinski definition) is 1. The molecule has 0 amide bonds. The zero-order valence-electron chi connectivity index (χ0n) is 11.6. The molecular formula is C18H22O. The van der Waals surface area contributed by atoms with Gasteiger partial charge in [0, 0.05) is 0 Å². The summed E-state index contributed by atoms with van der Waals surface area (Å²) in [5, 5.41) is 0. The molecule has 100 valence electrons. The van der Waals surface area contributed by atoms with Crippen molar-refractivity contribution in [2.45, 2.75) is 39.2 Å². The van der Waals surface area contributed by atoms with Gasteiger partial charge in [0.15, 0.2) is 0 Å². The van der Waals surface area contributed by atoms with E-state index in [0.29, 0.717) is 6.61 Å². The zero-order chi connectivity index (χ0) is 13.3. The molecule has 0 aromatic heterocycles. The van der Waals surface area contributed by atoms with Gasteiger partial charge in [0.25, 0.3) is 0 Å². The number of unbranched alkanes of at least 4 members (excludes halogenated alkanes) is 2. The molecular weight excluding hydrogens is 232 g/mol. The van der Waals surface area contributed by atoms with E-state index in [1.807, 2.05) is 30.3 Å². The van der Waals surface area contributed by atoms with Gasteiger partial charge in [0.05, 0.1) is 0 Å². The highest BCUT2D eigenvalue weighted by atomic mass is 16.5. The van der Waals surface area contributed by atoms with Crippen LogP contribution in [0.1, 0.15) is 37.3 Å². The van der Waals surface area contributed by atoms with E-state index in [1.54, 1.807) is 0 Å². The predicted molar refractivity (Wildman–Crippen MR) is 80.4 cm³/mol. The number of benzene rings is 2. The van der Waals surface area contributed by atoms with Crippen LogP contribution >= 0.6 is 0 Å². The Labute approximate surface area is 116 Å². The molecule has 0 aliphatic carbocycles. The molecule has 0 atom stereocenters. The Balaban J connectivity index is 1.81. The molecule has 0 heterocycles. The minimum absolute atomic E-state index is 0.638. The standard InChI is InChI=1S/C18H22O/c1-2-3-5-8-16-11-13-17(14-12-16)15-19-18-9-6-4-7-10-18/h4,6-7,9-14H,2-3,5,8,15H2,1H3. The average molecular weight is 254 g/mol. The van der Waals surface area contributed by atoms with E-state index in [2.05, 4.69) is 31.2 Å². The van der Waals surface area contributed by atoms with Crippen molar-refractivity contribution in [3.63, 3.8) is 0 Å². The topological polar surface area (TPSA) is 9.23 Å². The Hall–Kier alpha value is -1.76. The van der Waals surface area contributed by atoms with Crippen LogP contribution in [0.15, 0.2) is 54.6 Å². The summed E-state index contributed by atoms with van der Waals surface area (Å²) < 4.78 is 5.73. The maximum absolute atomic E-state index is 5.73. The van der Waals surface area contributed by atoms with E-state index in [1.165, 1.54) is 36.8 Å². The van der Waals surface area contributed by atoms with Gasteiger partial charge in [-0.15, -0.1) is 0 Å². The maximum atomic E-state index is 5.73. The van der Waals surface area contributed by atoms with Crippen molar-refractivity contribution in [1.29, 1.82) is 0 Å². The Morgan fingerprint density at radius 1 is 0.789 bits per heavy atom. The van der Waals surface area contributed by atoms with Gasteiger partial charge >= 0.3 is 0 Å². The van der Waals surface area contributed by atoms with Crippen molar-refractivity contribution >= 4 is 0 Å². The van der Waals surface area contributed by atoms with Crippen LogP contribution in [0.2, 0.25) is 0 Å². The molecule has 2 rings (SSSR count). The quantitative estimate of drug-likeness (QED) is 0.632. The smallest absolute Gasteiger partial charge is 0.119 e. The van der Waals surface area contributed by atoms with Gasteiger partial charge in [-0.05, 0) is 36.1 Å². The van der Waals surface area contributed by atoms with Crippen molar-refractivity contribution in [2.75, 3.05) is 0 Å². The fraction of sp³-hybridized carbons (Fsp3) is 0.333. The summed E-state index contributed by atoms with van der Waals surface area (Å²) in [4.78, 5) is 0. The molecule has 0 aliphatic rings. The van der Waals surface area contributed by atoms with E-state index in [-0.39, 0.29) is 0 Å². The number of aryl methyl sites for hydroxylation is 1. The highest BCUT2D eigenvalue weighted by molar-refractivity contribution is 5.24. The second-order valence-corrected chi connectivity index (χ2v) is 4.88. The SMILES string of the molecule is CCCCCc1ccc(COc2ccccc2)cc1. The molecule has 0 radical (unpaired) electrons. The lowest BCUT2D eigenvalue weighted by atomic mass is 10.1. The molecule has 0 bridgehead atoms. The summed E-state index contributed by atoms with van der Waals surface area (Å²) in [6.07, 6.45) is 5.08. The molecule has 0 unspecified atom stereocenters. The molecule has 0 spiro atoms. The lowest BCUT2D eigenvalue weighted by molar-refractivity contribution is 0.306. The molecule has 0 saturated carbocycles. The summed E-state index contributed by atoms with van der Waals surface area (Å²) in [6.45, 7) is 2.88. The van der Waals surface area contributed by atoms with Crippen LogP contribution in [0.3, 0.4) is 0 Å². The summed E-state index contributed by atoms with van der Waals surface area (Å²) >= 11 is 0. The van der Waals surface area contributed by atoms with Crippen LogP contribution in [-0.4, -0.2) is 0 Å². The van der Waals surface area contributed by atoms with Crippen LogP contribution in [0.5, 0.6) is 5.75 Å². The van der Waals surface area contributed by atoms with Gasteiger partial charge < -0.3 is 4.74 Å². The summed E-state index contributed by atoms with van der Waals surface area (Å²) in [5.74, 6) is 0.925. The molecule has 19 heavy (non-hydrogen) atoms. The van der Waals surface area contributed by atoms with Crippen molar-refractivity contribution in [3.05, 3.63) is 65.7 Å². The first-order valence-electron chi connectivity index (χ1n) is 7.14. The monoisotopic (exact) mass is 254 g/mol. The third-order valence-corrected chi connectivity index (χ3v) is 3.24. The summed E-state index contributed by atoms with van der Waals surface area (Å²) in [7, 11) is 0. The fourth-order valence-electron chi connectivity index (χ4n) is 2.06.